The number of aryl methyl sites for hydroxylation is 2. The molecule has 0 spiro atoms. The van der Waals surface area contributed by atoms with E-state index in [2.05, 4.69) is 77.9 Å². The molecule has 0 amide bonds. The predicted octanol–water partition coefficient (Wildman–Crippen LogP) is 7.83. The molecule has 4 rings (SSSR count). The Labute approximate surface area is 176 Å². The second kappa shape index (κ2) is 7.89. The average molecular weight is 387 g/mol. The van der Waals surface area contributed by atoms with E-state index in [1.165, 1.54) is 64.3 Å². The fraction of sp³-hybridized carbons (Fsp3) is 0.481. The van der Waals surface area contributed by atoms with E-state index in [9.17, 15) is 0 Å². The van der Waals surface area contributed by atoms with Crippen molar-refractivity contribution in [3.05, 3.63) is 58.7 Å². The summed E-state index contributed by atoms with van der Waals surface area (Å²) >= 11 is 0. The standard InChI is InChI=1S/C27H34N2/c1-16(2)22-11-7-9-18(5)24(22)28-26-20-13-14-21(15-20)27(26)29-25-19(6)10-8-12-23(25)17(3)4/h7-12,16-17,20-21H,13-15H2,1-6H3/b28-26-,29-27+. The van der Waals surface area contributed by atoms with Crippen LogP contribution in [0.2, 0.25) is 0 Å². The average Bonchev–Trinajstić information content (AvgIpc) is 3.27. The third-order valence-electron chi connectivity index (χ3n) is 6.71. The largest absolute Gasteiger partial charge is 0.251 e. The number of benzene rings is 2. The molecule has 2 aromatic carbocycles. The molecule has 2 unspecified atom stereocenters. The molecule has 2 aromatic rings. The molecule has 2 fully saturated rings. The van der Waals surface area contributed by atoms with Crippen molar-refractivity contribution in [2.45, 2.75) is 72.6 Å². The van der Waals surface area contributed by atoms with Crippen LogP contribution in [0.25, 0.3) is 0 Å². The van der Waals surface area contributed by atoms with Gasteiger partial charge in [0, 0.05) is 11.8 Å². The molecule has 2 aliphatic rings. The summed E-state index contributed by atoms with van der Waals surface area (Å²) in [5, 5.41) is 0. The van der Waals surface area contributed by atoms with E-state index in [1.54, 1.807) is 0 Å². The molecule has 0 aliphatic heterocycles. The van der Waals surface area contributed by atoms with Gasteiger partial charge in [-0.1, -0.05) is 64.1 Å². The van der Waals surface area contributed by atoms with E-state index >= 15 is 0 Å². The number of aliphatic imine (C=N–C) groups is 2. The van der Waals surface area contributed by atoms with Crippen LogP contribution in [-0.2, 0) is 0 Å². The maximum Gasteiger partial charge on any atom is 0.0697 e. The lowest BCUT2D eigenvalue weighted by Crippen LogP contribution is -2.22. The molecule has 0 aromatic heterocycles. The summed E-state index contributed by atoms with van der Waals surface area (Å²) in [5.74, 6) is 2.09. The Morgan fingerprint density at radius 2 is 1.10 bits per heavy atom. The fourth-order valence-corrected chi connectivity index (χ4v) is 5.04. The van der Waals surface area contributed by atoms with Gasteiger partial charge < -0.3 is 0 Å². The van der Waals surface area contributed by atoms with Gasteiger partial charge in [-0.05, 0) is 67.2 Å². The zero-order valence-corrected chi connectivity index (χ0v) is 18.8. The van der Waals surface area contributed by atoms with Crippen molar-refractivity contribution in [3.8, 4) is 0 Å². The van der Waals surface area contributed by atoms with Crippen molar-refractivity contribution in [1.29, 1.82) is 0 Å². The van der Waals surface area contributed by atoms with Crippen LogP contribution >= 0.6 is 0 Å². The molecule has 0 N–H and O–H groups in total. The topological polar surface area (TPSA) is 24.7 Å². The number of fused-ring (bicyclic) bond motifs is 2. The second-order valence-electron chi connectivity index (χ2n) is 9.54. The molecule has 2 nitrogen and oxygen atoms in total. The molecule has 2 bridgehead atoms. The van der Waals surface area contributed by atoms with Crippen molar-refractivity contribution < 1.29 is 0 Å². The normalized spacial score (nSPS) is 23.9. The van der Waals surface area contributed by atoms with Crippen LogP contribution in [0.3, 0.4) is 0 Å². The van der Waals surface area contributed by atoms with E-state index in [0.717, 1.165) is 0 Å². The third kappa shape index (κ3) is 3.70. The van der Waals surface area contributed by atoms with E-state index < -0.39 is 0 Å². The Bertz CT molecular complexity index is 899. The molecular formula is C27H34N2. The lowest BCUT2D eigenvalue weighted by atomic mass is 9.93. The number of hydrogen-bond donors (Lipinski definition) is 0. The molecular weight excluding hydrogens is 352 g/mol. The zero-order chi connectivity index (χ0) is 20.7. The quantitative estimate of drug-likeness (QED) is 0.511. The summed E-state index contributed by atoms with van der Waals surface area (Å²) < 4.78 is 0. The van der Waals surface area contributed by atoms with Crippen molar-refractivity contribution in [1.82, 2.24) is 0 Å². The first-order chi connectivity index (χ1) is 13.9. The molecule has 2 atom stereocenters. The first-order valence-corrected chi connectivity index (χ1v) is 11.2. The van der Waals surface area contributed by atoms with E-state index in [0.29, 0.717) is 23.7 Å². The number of nitrogens with zero attached hydrogens (tertiary/aromatic N) is 2. The SMILES string of the molecule is Cc1cccc(C(C)C)c1/N=C1\C(=N\c2c(C)cccc2C(C)C)C2CCC1C2. The zero-order valence-electron chi connectivity index (χ0n) is 18.8. The Morgan fingerprint density at radius 3 is 1.48 bits per heavy atom. The summed E-state index contributed by atoms with van der Waals surface area (Å²) in [6.07, 6.45) is 3.75. The van der Waals surface area contributed by atoms with E-state index in [-0.39, 0.29) is 0 Å². The molecule has 2 heteroatoms. The van der Waals surface area contributed by atoms with Gasteiger partial charge >= 0.3 is 0 Å². The minimum absolute atomic E-state index is 0.470. The van der Waals surface area contributed by atoms with Crippen LogP contribution in [0.4, 0.5) is 11.4 Å². The third-order valence-corrected chi connectivity index (χ3v) is 6.71. The Hall–Kier alpha value is -2.22. The van der Waals surface area contributed by atoms with Crippen LogP contribution in [-0.4, -0.2) is 11.4 Å². The summed E-state index contributed by atoms with van der Waals surface area (Å²) in [6.45, 7) is 13.4. The van der Waals surface area contributed by atoms with Crippen molar-refractivity contribution in [2.24, 2.45) is 21.8 Å². The molecule has 29 heavy (non-hydrogen) atoms. The highest BCUT2D eigenvalue weighted by Crippen LogP contribution is 2.44. The maximum atomic E-state index is 5.33. The number of para-hydroxylation sites is 2. The van der Waals surface area contributed by atoms with Gasteiger partial charge in [0.15, 0.2) is 0 Å². The van der Waals surface area contributed by atoms with Gasteiger partial charge in [0.05, 0.1) is 22.8 Å². The number of hydrogen-bond acceptors (Lipinski definition) is 2. The molecule has 0 heterocycles. The lowest BCUT2D eigenvalue weighted by molar-refractivity contribution is 0.736. The Kier molecular flexibility index (Phi) is 5.46. The minimum Gasteiger partial charge on any atom is -0.251 e. The van der Waals surface area contributed by atoms with Gasteiger partial charge in [-0.2, -0.15) is 0 Å². The van der Waals surface area contributed by atoms with Crippen molar-refractivity contribution in [3.63, 3.8) is 0 Å². The lowest BCUT2D eigenvalue weighted by Gasteiger charge is -2.20. The summed E-state index contributed by atoms with van der Waals surface area (Å²) in [4.78, 5) is 10.7. The van der Waals surface area contributed by atoms with E-state index in [4.69, 9.17) is 9.98 Å². The molecule has 2 aliphatic carbocycles. The smallest absolute Gasteiger partial charge is 0.0697 e. The molecule has 0 radical (unpaired) electrons. The van der Waals surface area contributed by atoms with Gasteiger partial charge in [0.2, 0.25) is 0 Å². The fourth-order valence-electron chi connectivity index (χ4n) is 5.04. The predicted molar refractivity (Wildman–Crippen MR) is 126 cm³/mol. The maximum absolute atomic E-state index is 5.33. The van der Waals surface area contributed by atoms with Gasteiger partial charge in [-0.25, -0.2) is 0 Å². The van der Waals surface area contributed by atoms with Gasteiger partial charge in [-0.15, -0.1) is 0 Å². The van der Waals surface area contributed by atoms with Crippen LogP contribution < -0.4 is 0 Å². The van der Waals surface area contributed by atoms with Crippen LogP contribution in [0.5, 0.6) is 0 Å². The first-order valence-electron chi connectivity index (χ1n) is 11.2. The minimum atomic E-state index is 0.470. The van der Waals surface area contributed by atoms with Crippen LogP contribution in [0.15, 0.2) is 46.4 Å². The highest BCUT2D eigenvalue weighted by molar-refractivity contribution is 6.47. The Balaban J connectivity index is 1.86. The first kappa shape index (κ1) is 20.1. The highest BCUT2D eigenvalue weighted by Gasteiger charge is 2.42. The van der Waals surface area contributed by atoms with Crippen molar-refractivity contribution >= 4 is 22.8 Å². The monoisotopic (exact) mass is 386 g/mol. The second-order valence-corrected chi connectivity index (χ2v) is 9.54. The summed E-state index contributed by atoms with van der Waals surface area (Å²) in [5.41, 5.74) is 10.1. The molecule has 0 saturated heterocycles. The number of rotatable bonds is 4. The summed E-state index contributed by atoms with van der Waals surface area (Å²) in [7, 11) is 0. The Morgan fingerprint density at radius 1 is 0.690 bits per heavy atom. The van der Waals surface area contributed by atoms with Crippen LogP contribution in [0.1, 0.15) is 81.0 Å². The van der Waals surface area contributed by atoms with Gasteiger partial charge in [-0.3, -0.25) is 9.98 Å². The van der Waals surface area contributed by atoms with E-state index in [1.807, 2.05) is 0 Å². The van der Waals surface area contributed by atoms with Gasteiger partial charge in [0.25, 0.3) is 0 Å². The molecule has 152 valence electrons. The van der Waals surface area contributed by atoms with Gasteiger partial charge in [0.1, 0.15) is 0 Å². The highest BCUT2D eigenvalue weighted by atomic mass is 14.9. The summed E-state index contributed by atoms with van der Waals surface area (Å²) in [6, 6.07) is 13.2. The molecule has 2 saturated carbocycles. The van der Waals surface area contributed by atoms with Crippen LogP contribution in [0, 0.1) is 25.7 Å². The van der Waals surface area contributed by atoms with Crippen molar-refractivity contribution in [2.75, 3.05) is 0 Å².